The Balaban J connectivity index is 1.24. The first kappa shape index (κ1) is 29.5. The molecule has 3 amide bonds. The second-order valence-corrected chi connectivity index (χ2v) is 11.8. The van der Waals surface area contributed by atoms with E-state index >= 15 is 0 Å². The molecule has 224 valence electrons. The molecule has 4 atom stereocenters. The maximum Gasteiger partial charge on any atom is 0.345 e. The molecule has 0 spiro atoms. The van der Waals surface area contributed by atoms with E-state index in [1.807, 2.05) is 0 Å². The fraction of sp³-hybridized carbons (Fsp3) is 0.258. The largest absolute Gasteiger partial charge is 0.423 e. The average molecular weight is 636 g/mol. The molecule has 2 aliphatic carbocycles. The highest BCUT2D eigenvalue weighted by atomic mass is 35.5. The zero-order valence-electron chi connectivity index (χ0n) is 22.9. The molecule has 13 heteroatoms. The summed E-state index contributed by atoms with van der Waals surface area (Å²) in [6.07, 6.45) is 2.45. The van der Waals surface area contributed by atoms with Gasteiger partial charge in [-0.1, -0.05) is 23.2 Å². The number of imide groups is 1. The van der Waals surface area contributed by atoms with E-state index < -0.39 is 52.8 Å². The molecule has 3 fully saturated rings. The predicted molar refractivity (Wildman–Crippen MR) is 156 cm³/mol. The fourth-order valence-electron chi connectivity index (χ4n) is 6.49. The van der Waals surface area contributed by atoms with Crippen LogP contribution in [0.15, 0.2) is 66.7 Å². The molecule has 3 aliphatic rings. The molecule has 1 heterocycles. The smallest absolute Gasteiger partial charge is 0.345 e. The number of amides is 3. The number of esters is 1. The lowest BCUT2D eigenvalue weighted by Gasteiger charge is -2.30. The highest BCUT2D eigenvalue weighted by Gasteiger charge is 2.62. The van der Waals surface area contributed by atoms with E-state index in [0.29, 0.717) is 5.02 Å². The number of Topliss-reactive ketones (excluding diaryl/α,β-unsaturated/α-hetero) is 1. The minimum absolute atomic E-state index is 0.0350. The van der Waals surface area contributed by atoms with Gasteiger partial charge in [0, 0.05) is 28.3 Å². The van der Waals surface area contributed by atoms with Gasteiger partial charge < -0.3 is 4.74 Å². The van der Waals surface area contributed by atoms with Crippen molar-refractivity contribution in [1.82, 2.24) is 10.0 Å². The van der Waals surface area contributed by atoms with Gasteiger partial charge in [-0.15, -0.1) is 0 Å². The molecular formula is C31H23Cl2N3O8. The van der Waals surface area contributed by atoms with Gasteiger partial charge in [-0.05, 0) is 85.7 Å². The monoisotopic (exact) mass is 635 g/mol. The Morgan fingerprint density at radius 1 is 0.886 bits per heavy atom. The number of nitro benzene ring substituents is 1. The maximum absolute atomic E-state index is 13.7. The summed E-state index contributed by atoms with van der Waals surface area (Å²) >= 11 is 12.0. The van der Waals surface area contributed by atoms with Gasteiger partial charge in [0.15, 0.2) is 5.78 Å². The van der Waals surface area contributed by atoms with Crippen LogP contribution in [0.4, 0.5) is 5.69 Å². The third-order valence-corrected chi connectivity index (χ3v) is 9.08. The number of hydrogen-bond donors (Lipinski definition) is 0. The number of carbonyl (C=O) groups is 5. The molecule has 3 aromatic rings. The molecule has 6 rings (SSSR count). The molecule has 0 N–H and O–H groups in total. The number of rotatable bonds is 8. The van der Waals surface area contributed by atoms with Crippen LogP contribution in [-0.4, -0.2) is 51.0 Å². The van der Waals surface area contributed by atoms with Gasteiger partial charge >= 0.3 is 5.97 Å². The Bertz CT molecular complexity index is 1700. The first-order chi connectivity index (χ1) is 21.0. The summed E-state index contributed by atoms with van der Waals surface area (Å²) in [5, 5.41) is 13.2. The fourth-order valence-corrected chi connectivity index (χ4v) is 6.98. The standard InChI is InChI=1S/C31H23Cl2N3O8/c32-20-7-12-23(24(33)14-20)31(41)44-22-10-5-16(6-11-22)25(37)15-34(28(38)17-3-8-21(9-4-17)36(42)43)35-29(39)26-18-1-2-19(13-18)27(26)30(35)40/h3-12,14,18-19,26-27H,1-2,13,15H2/t18-,19-,26+,27+/m0/s1. The molecule has 1 saturated heterocycles. The second kappa shape index (κ2) is 11.5. The van der Waals surface area contributed by atoms with Gasteiger partial charge in [0.05, 0.1) is 27.3 Å². The van der Waals surface area contributed by atoms with Crippen molar-refractivity contribution in [1.29, 1.82) is 0 Å². The number of nitro groups is 1. The first-order valence-corrected chi connectivity index (χ1v) is 14.5. The third-order valence-electron chi connectivity index (χ3n) is 8.54. The van der Waals surface area contributed by atoms with Gasteiger partial charge in [-0.25, -0.2) is 9.80 Å². The minimum Gasteiger partial charge on any atom is -0.423 e. The quantitative estimate of drug-likeness (QED) is 0.0800. The molecule has 1 aliphatic heterocycles. The second-order valence-electron chi connectivity index (χ2n) is 11.0. The Morgan fingerprint density at radius 2 is 1.48 bits per heavy atom. The van der Waals surface area contributed by atoms with E-state index in [9.17, 15) is 34.1 Å². The van der Waals surface area contributed by atoms with Gasteiger partial charge in [-0.2, -0.15) is 5.01 Å². The highest BCUT2D eigenvalue weighted by molar-refractivity contribution is 6.36. The zero-order valence-corrected chi connectivity index (χ0v) is 24.4. The van der Waals surface area contributed by atoms with Gasteiger partial charge in [0.2, 0.25) is 0 Å². The summed E-state index contributed by atoms with van der Waals surface area (Å²) in [4.78, 5) is 77.4. The molecule has 2 bridgehead atoms. The minimum atomic E-state index is -0.826. The van der Waals surface area contributed by atoms with Crippen molar-refractivity contribution in [2.24, 2.45) is 23.7 Å². The van der Waals surface area contributed by atoms with Crippen molar-refractivity contribution in [3.05, 3.63) is 104 Å². The number of nitrogens with zero attached hydrogens (tertiary/aromatic N) is 3. The van der Waals surface area contributed by atoms with Crippen molar-refractivity contribution in [3.8, 4) is 5.75 Å². The number of ether oxygens (including phenoxy) is 1. The number of halogens is 2. The van der Waals surface area contributed by atoms with Crippen molar-refractivity contribution < 1.29 is 33.6 Å². The van der Waals surface area contributed by atoms with E-state index in [1.165, 1.54) is 54.6 Å². The van der Waals surface area contributed by atoms with Crippen LogP contribution in [0.3, 0.4) is 0 Å². The lowest BCUT2D eigenvalue weighted by Crippen LogP contribution is -2.52. The summed E-state index contributed by atoms with van der Waals surface area (Å²) in [5.74, 6) is -4.05. The average Bonchev–Trinajstić information content (AvgIpc) is 3.69. The summed E-state index contributed by atoms with van der Waals surface area (Å²) in [5.41, 5.74) is -0.0696. The molecule has 11 nitrogen and oxygen atoms in total. The van der Waals surface area contributed by atoms with Gasteiger partial charge in [-0.3, -0.25) is 29.3 Å². The molecular weight excluding hydrogens is 613 g/mol. The van der Waals surface area contributed by atoms with Crippen molar-refractivity contribution in [2.75, 3.05) is 6.54 Å². The normalized spacial score (nSPS) is 21.7. The topological polar surface area (TPSA) is 144 Å². The number of hydrogen-bond acceptors (Lipinski definition) is 8. The van der Waals surface area contributed by atoms with E-state index in [1.54, 1.807) is 0 Å². The molecule has 2 saturated carbocycles. The Hall–Kier alpha value is -4.61. The van der Waals surface area contributed by atoms with E-state index in [-0.39, 0.29) is 45.0 Å². The van der Waals surface area contributed by atoms with Crippen LogP contribution in [0.25, 0.3) is 0 Å². The lowest BCUT2D eigenvalue weighted by atomic mass is 9.81. The summed E-state index contributed by atoms with van der Waals surface area (Å²) in [6.45, 7) is -0.651. The number of ketones is 1. The molecule has 44 heavy (non-hydrogen) atoms. The highest BCUT2D eigenvalue weighted by Crippen LogP contribution is 2.56. The number of benzene rings is 3. The number of hydrazine groups is 1. The van der Waals surface area contributed by atoms with Crippen LogP contribution in [0, 0.1) is 33.8 Å². The Morgan fingerprint density at radius 3 is 2.05 bits per heavy atom. The van der Waals surface area contributed by atoms with Crippen LogP contribution in [0.5, 0.6) is 5.75 Å². The summed E-state index contributed by atoms with van der Waals surface area (Å²) in [7, 11) is 0. The van der Waals surface area contributed by atoms with Crippen LogP contribution in [0.2, 0.25) is 10.0 Å². The first-order valence-electron chi connectivity index (χ1n) is 13.8. The van der Waals surface area contributed by atoms with Crippen molar-refractivity contribution in [2.45, 2.75) is 19.3 Å². The summed E-state index contributed by atoms with van der Waals surface area (Å²) < 4.78 is 5.35. The molecule has 3 aromatic carbocycles. The third kappa shape index (κ3) is 5.22. The molecule has 0 radical (unpaired) electrons. The van der Waals surface area contributed by atoms with E-state index in [0.717, 1.165) is 41.4 Å². The lowest BCUT2D eigenvalue weighted by molar-refractivity contribution is -0.384. The SMILES string of the molecule is O=C(CN(C(=O)c1ccc([N+](=O)[O-])cc1)N1C(=O)[C@@H]2[C@H]3CC[C@@H](C3)[C@H]2C1=O)c1ccc(OC(=O)c2ccc(Cl)cc2Cl)cc1. The van der Waals surface area contributed by atoms with Gasteiger partial charge in [0.25, 0.3) is 23.4 Å². The summed E-state index contributed by atoms with van der Waals surface area (Å²) in [6, 6.07) is 14.5. The predicted octanol–water partition coefficient (Wildman–Crippen LogP) is 5.39. The van der Waals surface area contributed by atoms with Crippen molar-refractivity contribution >= 4 is 58.4 Å². The Labute approximate surface area is 260 Å². The van der Waals surface area contributed by atoms with Crippen LogP contribution in [-0.2, 0) is 9.59 Å². The maximum atomic E-state index is 13.7. The van der Waals surface area contributed by atoms with E-state index in [2.05, 4.69) is 0 Å². The van der Waals surface area contributed by atoms with Gasteiger partial charge in [0.1, 0.15) is 12.3 Å². The van der Waals surface area contributed by atoms with E-state index in [4.69, 9.17) is 27.9 Å². The van der Waals surface area contributed by atoms with Crippen LogP contribution in [0.1, 0.15) is 50.3 Å². The Kier molecular flexibility index (Phi) is 7.68. The van der Waals surface area contributed by atoms with Crippen LogP contribution < -0.4 is 4.74 Å². The molecule has 0 unspecified atom stereocenters. The van der Waals surface area contributed by atoms with Crippen molar-refractivity contribution in [3.63, 3.8) is 0 Å². The number of carbonyl (C=O) groups excluding carboxylic acids is 5. The van der Waals surface area contributed by atoms with Crippen LogP contribution >= 0.6 is 23.2 Å². The number of fused-ring (bicyclic) bond motifs is 5. The molecule has 0 aromatic heterocycles. The zero-order chi connectivity index (χ0) is 31.3. The number of non-ortho nitro benzene ring substituents is 1.